The fourth-order valence-electron chi connectivity index (χ4n) is 2.60. The number of aromatic nitrogens is 2. The van der Waals surface area contributed by atoms with E-state index in [1.807, 2.05) is 42.6 Å². The number of halogens is 1. The summed E-state index contributed by atoms with van der Waals surface area (Å²) in [6.45, 7) is 8.89. The van der Waals surface area contributed by atoms with Crippen LogP contribution in [0.5, 0.6) is 0 Å². The molecule has 0 spiro atoms. The first-order valence-corrected chi connectivity index (χ1v) is 8.73. The van der Waals surface area contributed by atoms with Crippen LogP contribution in [0.3, 0.4) is 0 Å². The highest BCUT2D eigenvalue weighted by Crippen LogP contribution is 2.23. The molecule has 0 unspecified atom stereocenters. The van der Waals surface area contributed by atoms with Crippen LogP contribution in [0.15, 0.2) is 24.8 Å². The SMILES string of the molecule is C=CCN(Cc1ccc(Cl)s1)C(=O)CCc1c(C)nn(C)c1C. The summed E-state index contributed by atoms with van der Waals surface area (Å²) < 4.78 is 2.61. The van der Waals surface area contributed by atoms with E-state index in [1.54, 1.807) is 6.08 Å². The van der Waals surface area contributed by atoms with Crippen LogP contribution >= 0.6 is 22.9 Å². The third kappa shape index (κ3) is 4.45. The Morgan fingerprint density at radius 2 is 2.22 bits per heavy atom. The van der Waals surface area contributed by atoms with Gasteiger partial charge in [-0.05, 0) is 38.0 Å². The van der Waals surface area contributed by atoms with Crippen molar-refractivity contribution in [3.05, 3.63) is 51.0 Å². The number of hydrogen-bond acceptors (Lipinski definition) is 3. The second-order valence-corrected chi connectivity index (χ2v) is 7.34. The lowest BCUT2D eigenvalue weighted by atomic mass is 10.1. The Labute approximate surface area is 146 Å². The zero-order valence-corrected chi connectivity index (χ0v) is 15.4. The fourth-order valence-corrected chi connectivity index (χ4v) is 3.71. The van der Waals surface area contributed by atoms with Crippen LogP contribution < -0.4 is 0 Å². The zero-order chi connectivity index (χ0) is 17.0. The van der Waals surface area contributed by atoms with Crippen LogP contribution in [0.1, 0.15) is 28.2 Å². The number of amides is 1. The summed E-state index contributed by atoms with van der Waals surface area (Å²) in [7, 11) is 1.93. The van der Waals surface area contributed by atoms with Crippen molar-refractivity contribution < 1.29 is 4.79 Å². The summed E-state index contributed by atoms with van der Waals surface area (Å²) in [5.74, 6) is 0.122. The van der Waals surface area contributed by atoms with Crippen molar-refractivity contribution in [3.63, 3.8) is 0 Å². The van der Waals surface area contributed by atoms with Crippen molar-refractivity contribution >= 4 is 28.8 Å². The summed E-state index contributed by atoms with van der Waals surface area (Å²) >= 11 is 7.47. The van der Waals surface area contributed by atoms with Gasteiger partial charge in [-0.1, -0.05) is 17.7 Å². The van der Waals surface area contributed by atoms with Crippen LogP contribution in [-0.4, -0.2) is 27.1 Å². The van der Waals surface area contributed by atoms with Crippen LogP contribution in [0.25, 0.3) is 0 Å². The third-order valence-corrected chi connectivity index (χ3v) is 5.14. The van der Waals surface area contributed by atoms with E-state index in [0.717, 1.165) is 20.6 Å². The van der Waals surface area contributed by atoms with Gasteiger partial charge in [-0.3, -0.25) is 9.48 Å². The maximum atomic E-state index is 12.6. The first-order chi connectivity index (χ1) is 10.9. The largest absolute Gasteiger partial charge is 0.334 e. The Hall–Kier alpha value is -1.59. The standard InChI is InChI=1S/C17H22ClN3OS/c1-5-10-21(11-14-6-8-16(18)23-14)17(22)9-7-15-12(2)19-20(4)13(15)3/h5-6,8H,1,7,9-11H2,2-4H3. The van der Waals surface area contributed by atoms with E-state index < -0.39 is 0 Å². The molecule has 2 aromatic rings. The molecule has 0 atom stereocenters. The Bertz CT molecular complexity index is 705. The molecule has 2 heterocycles. The Morgan fingerprint density at radius 3 is 2.74 bits per heavy atom. The minimum absolute atomic E-state index is 0.122. The number of carbonyl (C=O) groups excluding carboxylic acids is 1. The lowest BCUT2D eigenvalue weighted by Crippen LogP contribution is -2.30. The first-order valence-electron chi connectivity index (χ1n) is 7.54. The van der Waals surface area contributed by atoms with E-state index in [1.165, 1.54) is 16.9 Å². The molecule has 0 saturated heterocycles. The van der Waals surface area contributed by atoms with Gasteiger partial charge in [0.25, 0.3) is 0 Å². The zero-order valence-electron chi connectivity index (χ0n) is 13.8. The molecule has 1 amide bonds. The van der Waals surface area contributed by atoms with Crippen LogP contribution in [-0.2, 0) is 24.8 Å². The van der Waals surface area contributed by atoms with Gasteiger partial charge in [0.15, 0.2) is 0 Å². The molecule has 6 heteroatoms. The minimum Gasteiger partial charge on any atom is -0.334 e. The van der Waals surface area contributed by atoms with Gasteiger partial charge in [-0.15, -0.1) is 17.9 Å². The highest BCUT2D eigenvalue weighted by molar-refractivity contribution is 7.16. The van der Waals surface area contributed by atoms with E-state index in [4.69, 9.17) is 11.6 Å². The molecule has 0 saturated carbocycles. The average Bonchev–Trinajstić information content (AvgIpc) is 3.01. The Kier molecular flexibility index (Phi) is 6.02. The summed E-state index contributed by atoms with van der Waals surface area (Å²) in [5.41, 5.74) is 3.28. The van der Waals surface area contributed by atoms with Gasteiger partial charge in [0, 0.05) is 30.6 Å². The molecule has 0 bridgehead atoms. The van der Waals surface area contributed by atoms with Crippen LogP contribution in [0, 0.1) is 13.8 Å². The summed E-state index contributed by atoms with van der Waals surface area (Å²) in [4.78, 5) is 15.5. The topological polar surface area (TPSA) is 38.1 Å². The van der Waals surface area contributed by atoms with Crippen LogP contribution in [0.2, 0.25) is 4.34 Å². The molecule has 0 radical (unpaired) electrons. The predicted octanol–water partition coefficient (Wildman–Crippen LogP) is 3.90. The molecule has 2 aromatic heterocycles. The molecule has 2 rings (SSSR count). The van der Waals surface area contributed by atoms with Crippen molar-refractivity contribution in [1.29, 1.82) is 0 Å². The number of aryl methyl sites for hydroxylation is 2. The van der Waals surface area contributed by atoms with E-state index >= 15 is 0 Å². The van der Waals surface area contributed by atoms with Crippen molar-refractivity contribution in [1.82, 2.24) is 14.7 Å². The van der Waals surface area contributed by atoms with Gasteiger partial charge >= 0.3 is 0 Å². The van der Waals surface area contributed by atoms with Gasteiger partial charge in [-0.25, -0.2) is 0 Å². The monoisotopic (exact) mass is 351 g/mol. The normalized spacial score (nSPS) is 10.8. The highest BCUT2D eigenvalue weighted by atomic mass is 35.5. The number of thiophene rings is 1. The second kappa shape index (κ2) is 7.79. The fraction of sp³-hybridized carbons (Fsp3) is 0.412. The van der Waals surface area contributed by atoms with Gasteiger partial charge in [0.2, 0.25) is 5.91 Å². The Balaban J connectivity index is 2.01. The summed E-state index contributed by atoms with van der Waals surface area (Å²) in [5, 5.41) is 4.40. The van der Waals surface area contributed by atoms with Crippen LogP contribution in [0.4, 0.5) is 0 Å². The molecule has 0 aromatic carbocycles. The van der Waals surface area contributed by atoms with Gasteiger partial charge in [-0.2, -0.15) is 5.10 Å². The van der Waals surface area contributed by atoms with Crippen molar-refractivity contribution in [2.75, 3.05) is 6.54 Å². The molecule has 0 aliphatic carbocycles. The lowest BCUT2D eigenvalue weighted by Gasteiger charge is -2.20. The second-order valence-electron chi connectivity index (χ2n) is 5.54. The molecule has 4 nitrogen and oxygen atoms in total. The van der Waals surface area contributed by atoms with Crippen molar-refractivity contribution in [2.24, 2.45) is 7.05 Å². The van der Waals surface area contributed by atoms with Gasteiger partial charge in [0.1, 0.15) is 0 Å². The molecule has 0 N–H and O–H groups in total. The predicted molar refractivity (Wildman–Crippen MR) is 95.9 cm³/mol. The molecular formula is C17H22ClN3OS. The number of rotatable bonds is 7. The van der Waals surface area contributed by atoms with Gasteiger partial charge in [0.05, 0.1) is 16.6 Å². The molecular weight excluding hydrogens is 330 g/mol. The molecule has 0 fully saturated rings. The smallest absolute Gasteiger partial charge is 0.223 e. The third-order valence-electron chi connectivity index (χ3n) is 3.93. The van der Waals surface area contributed by atoms with Crippen molar-refractivity contribution in [2.45, 2.75) is 33.2 Å². The Morgan fingerprint density at radius 1 is 1.48 bits per heavy atom. The molecule has 0 aliphatic heterocycles. The van der Waals surface area contributed by atoms with E-state index in [0.29, 0.717) is 25.9 Å². The maximum Gasteiger partial charge on any atom is 0.223 e. The number of hydrogen-bond donors (Lipinski definition) is 0. The number of nitrogens with zero attached hydrogens (tertiary/aromatic N) is 3. The minimum atomic E-state index is 0.122. The lowest BCUT2D eigenvalue weighted by molar-refractivity contribution is -0.131. The van der Waals surface area contributed by atoms with Crippen molar-refractivity contribution in [3.8, 4) is 0 Å². The van der Waals surface area contributed by atoms with Gasteiger partial charge < -0.3 is 4.90 Å². The summed E-state index contributed by atoms with van der Waals surface area (Å²) in [6, 6.07) is 3.83. The molecule has 0 aliphatic rings. The average molecular weight is 352 g/mol. The summed E-state index contributed by atoms with van der Waals surface area (Å²) in [6.07, 6.45) is 2.94. The van der Waals surface area contributed by atoms with E-state index in [-0.39, 0.29) is 5.91 Å². The van der Waals surface area contributed by atoms with E-state index in [9.17, 15) is 4.79 Å². The molecule has 124 valence electrons. The number of carbonyl (C=O) groups is 1. The quantitative estimate of drug-likeness (QED) is 0.709. The molecule has 23 heavy (non-hydrogen) atoms. The highest BCUT2D eigenvalue weighted by Gasteiger charge is 2.16. The van der Waals surface area contributed by atoms with E-state index in [2.05, 4.69) is 11.7 Å². The maximum absolute atomic E-state index is 12.6. The first kappa shape index (κ1) is 17.8.